The number of nitrogens with one attached hydrogen (secondary N) is 1. The molecule has 0 aliphatic heterocycles. The number of thiophene rings is 1. The number of halogens is 1. The van der Waals surface area contributed by atoms with Gasteiger partial charge >= 0.3 is 0 Å². The third-order valence-corrected chi connectivity index (χ3v) is 5.73. The van der Waals surface area contributed by atoms with Gasteiger partial charge in [0.05, 0.1) is 0 Å². The van der Waals surface area contributed by atoms with Crippen molar-refractivity contribution in [2.75, 3.05) is 0 Å². The highest BCUT2D eigenvalue weighted by molar-refractivity contribution is 7.89. The van der Waals surface area contributed by atoms with Gasteiger partial charge in [-0.25, -0.2) is 18.1 Å². The molecular formula is C13H12ClN3O2S2. The zero-order valence-corrected chi connectivity index (χ0v) is 13.5. The molecule has 0 saturated heterocycles. The maximum atomic E-state index is 12.5. The number of rotatable bonds is 4. The van der Waals surface area contributed by atoms with Crippen molar-refractivity contribution in [2.45, 2.75) is 18.5 Å². The maximum Gasteiger partial charge on any atom is 0.260 e. The maximum absolute atomic E-state index is 12.5. The van der Waals surface area contributed by atoms with E-state index in [2.05, 4.69) is 9.71 Å². The van der Waals surface area contributed by atoms with Crippen LogP contribution in [-0.2, 0) is 16.6 Å². The van der Waals surface area contributed by atoms with Gasteiger partial charge in [0, 0.05) is 22.5 Å². The molecule has 0 atom stereocenters. The summed E-state index contributed by atoms with van der Waals surface area (Å²) in [6.07, 6.45) is 1.62. The Morgan fingerprint density at radius 3 is 2.86 bits per heavy atom. The Labute approximate surface area is 131 Å². The molecule has 3 aromatic heterocycles. The number of pyridine rings is 1. The van der Waals surface area contributed by atoms with Crippen molar-refractivity contribution >= 4 is 38.6 Å². The summed E-state index contributed by atoms with van der Waals surface area (Å²) in [5, 5.41) is -0.0656. The molecule has 3 aromatic rings. The summed E-state index contributed by atoms with van der Waals surface area (Å²) in [7, 11) is -3.74. The number of fused-ring (bicyclic) bond motifs is 1. The summed E-state index contributed by atoms with van der Waals surface area (Å²) in [5.74, 6) is 0. The Kier molecular flexibility index (Phi) is 3.75. The number of aryl methyl sites for hydroxylation is 1. The largest absolute Gasteiger partial charge is 0.288 e. The van der Waals surface area contributed by atoms with Gasteiger partial charge in [0.15, 0.2) is 10.2 Å². The van der Waals surface area contributed by atoms with Gasteiger partial charge in [-0.2, -0.15) is 0 Å². The van der Waals surface area contributed by atoms with Crippen molar-refractivity contribution in [3.63, 3.8) is 0 Å². The van der Waals surface area contributed by atoms with Gasteiger partial charge in [-0.05, 0) is 31.2 Å². The van der Waals surface area contributed by atoms with Crippen LogP contribution in [0.3, 0.4) is 0 Å². The van der Waals surface area contributed by atoms with E-state index in [0.29, 0.717) is 5.65 Å². The standard InChI is InChI=1S/C13H12ClN3O2S2/c1-9-5-6-10(20-9)8-15-21(18,19)13-12(14)16-11-4-2-3-7-17(11)13/h2-7,15H,8H2,1H3. The fourth-order valence-corrected chi connectivity index (χ4v) is 4.57. The highest BCUT2D eigenvalue weighted by Crippen LogP contribution is 2.23. The SMILES string of the molecule is Cc1ccc(CNS(=O)(=O)c2c(Cl)nc3ccccn23)s1. The van der Waals surface area contributed by atoms with Crippen LogP contribution in [-0.4, -0.2) is 17.8 Å². The first kappa shape index (κ1) is 14.5. The topological polar surface area (TPSA) is 63.5 Å². The van der Waals surface area contributed by atoms with Gasteiger partial charge in [-0.3, -0.25) is 4.40 Å². The monoisotopic (exact) mass is 341 g/mol. The van der Waals surface area contributed by atoms with E-state index >= 15 is 0 Å². The number of hydrogen-bond acceptors (Lipinski definition) is 4. The predicted octanol–water partition coefficient (Wildman–Crippen LogP) is 2.84. The van der Waals surface area contributed by atoms with E-state index in [1.54, 1.807) is 35.7 Å². The van der Waals surface area contributed by atoms with Gasteiger partial charge < -0.3 is 0 Å². The van der Waals surface area contributed by atoms with Crippen molar-refractivity contribution in [3.05, 3.63) is 51.4 Å². The number of nitrogens with zero attached hydrogens (tertiary/aromatic N) is 2. The van der Waals surface area contributed by atoms with Crippen molar-refractivity contribution in [1.82, 2.24) is 14.1 Å². The molecule has 0 unspecified atom stereocenters. The van der Waals surface area contributed by atoms with Crippen molar-refractivity contribution in [1.29, 1.82) is 0 Å². The van der Waals surface area contributed by atoms with Crippen LogP contribution < -0.4 is 4.72 Å². The number of sulfonamides is 1. The summed E-state index contributed by atoms with van der Waals surface area (Å²) in [5.41, 5.74) is 0.495. The van der Waals surface area contributed by atoms with E-state index in [1.165, 1.54) is 4.40 Å². The molecule has 0 aliphatic carbocycles. The molecule has 0 aromatic carbocycles. The minimum Gasteiger partial charge on any atom is -0.288 e. The molecule has 1 N–H and O–H groups in total. The van der Waals surface area contributed by atoms with Crippen LogP contribution in [0.15, 0.2) is 41.6 Å². The minimum absolute atomic E-state index is 0.0314. The Hall–Kier alpha value is -1.41. The van der Waals surface area contributed by atoms with Gasteiger partial charge in [0.1, 0.15) is 5.65 Å². The van der Waals surface area contributed by atoms with Crippen LogP contribution >= 0.6 is 22.9 Å². The van der Waals surface area contributed by atoms with Crippen LogP contribution in [0.5, 0.6) is 0 Å². The third-order valence-electron chi connectivity index (χ3n) is 2.93. The molecule has 5 nitrogen and oxygen atoms in total. The lowest BCUT2D eigenvalue weighted by Gasteiger charge is -2.05. The van der Waals surface area contributed by atoms with E-state index in [9.17, 15) is 8.42 Å². The zero-order valence-electron chi connectivity index (χ0n) is 11.1. The predicted molar refractivity (Wildman–Crippen MR) is 83.3 cm³/mol. The summed E-state index contributed by atoms with van der Waals surface area (Å²) in [6, 6.07) is 9.06. The summed E-state index contributed by atoms with van der Waals surface area (Å²) >= 11 is 7.54. The Bertz CT molecular complexity index is 899. The molecule has 21 heavy (non-hydrogen) atoms. The van der Waals surface area contributed by atoms with Gasteiger partial charge in [0.2, 0.25) is 0 Å². The molecule has 0 amide bonds. The molecule has 110 valence electrons. The lowest BCUT2D eigenvalue weighted by Crippen LogP contribution is -2.24. The molecule has 8 heteroatoms. The first-order valence-electron chi connectivity index (χ1n) is 6.15. The first-order chi connectivity index (χ1) is 9.97. The molecule has 0 aliphatic rings. The molecule has 0 saturated carbocycles. The second kappa shape index (κ2) is 5.42. The average Bonchev–Trinajstić information content (AvgIpc) is 2.99. The Morgan fingerprint density at radius 1 is 1.33 bits per heavy atom. The molecule has 0 radical (unpaired) electrons. The number of imidazole rings is 1. The van der Waals surface area contributed by atoms with E-state index < -0.39 is 10.0 Å². The van der Waals surface area contributed by atoms with E-state index in [1.807, 2.05) is 19.1 Å². The van der Waals surface area contributed by atoms with Gasteiger partial charge in [0.25, 0.3) is 10.0 Å². The molecule has 0 bridgehead atoms. The first-order valence-corrected chi connectivity index (χ1v) is 8.83. The molecule has 0 spiro atoms. The second-order valence-electron chi connectivity index (χ2n) is 4.47. The summed E-state index contributed by atoms with van der Waals surface area (Å²) in [4.78, 5) is 6.13. The smallest absolute Gasteiger partial charge is 0.260 e. The van der Waals surface area contributed by atoms with Crippen molar-refractivity contribution in [3.8, 4) is 0 Å². The van der Waals surface area contributed by atoms with Gasteiger partial charge in [-0.1, -0.05) is 17.7 Å². The van der Waals surface area contributed by atoms with E-state index in [-0.39, 0.29) is 16.7 Å². The second-order valence-corrected chi connectivity index (χ2v) is 7.89. The summed E-state index contributed by atoms with van der Waals surface area (Å²) < 4.78 is 28.9. The minimum atomic E-state index is -3.74. The number of hydrogen-bond donors (Lipinski definition) is 1. The van der Waals surface area contributed by atoms with Crippen LogP contribution in [0.2, 0.25) is 5.15 Å². The zero-order chi connectivity index (χ0) is 15.0. The van der Waals surface area contributed by atoms with E-state index in [4.69, 9.17) is 11.6 Å². The Balaban J connectivity index is 1.95. The number of aromatic nitrogens is 2. The van der Waals surface area contributed by atoms with Crippen LogP contribution in [0, 0.1) is 6.92 Å². The van der Waals surface area contributed by atoms with Crippen LogP contribution in [0.1, 0.15) is 9.75 Å². The van der Waals surface area contributed by atoms with Crippen molar-refractivity contribution < 1.29 is 8.42 Å². The molecule has 0 fully saturated rings. The van der Waals surface area contributed by atoms with Crippen LogP contribution in [0.25, 0.3) is 5.65 Å². The molecular weight excluding hydrogens is 330 g/mol. The molecule has 3 heterocycles. The normalized spacial score (nSPS) is 12.1. The quantitative estimate of drug-likeness (QED) is 0.793. The fourth-order valence-electron chi connectivity index (χ4n) is 2.00. The fraction of sp³-hybridized carbons (Fsp3) is 0.154. The van der Waals surface area contributed by atoms with E-state index in [0.717, 1.165) is 9.75 Å². The van der Waals surface area contributed by atoms with Gasteiger partial charge in [-0.15, -0.1) is 11.3 Å². The highest BCUT2D eigenvalue weighted by atomic mass is 35.5. The summed E-state index contributed by atoms with van der Waals surface area (Å²) in [6.45, 7) is 2.21. The Morgan fingerprint density at radius 2 is 2.14 bits per heavy atom. The average molecular weight is 342 g/mol. The van der Waals surface area contributed by atoms with Crippen molar-refractivity contribution in [2.24, 2.45) is 0 Å². The third kappa shape index (κ3) is 2.82. The van der Waals surface area contributed by atoms with Crippen LogP contribution in [0.4, 0.5) is 0 Å². The lowest BCUT2D eigenvalue weighted by molar-refractivity contribution is 0.577. The molecule has 3 rings (SSSR count). The lowest BCUT2D eigenvalue weighted by atomic mass is 10.4. The highest BCUT2D eigenvalue weighted by Gasteiger charge is 2.24.